The molecule has 0 amide bonds. The SMILES string of the molecule is Nc1nc(-c2nn(Cc3ccccc3F)c3c(F)cccc23)nc(N)c1N1CCOC1. The first-order valence-corrected chi connectivity index (χ1v) is 9.67. The molecule has 31 heavy (non-hydrogen) atoms. The van der Waals surface area contributed by atoms with Crippen molar-refractivity contribution in [2.75, 3.05) is 36.2 Å². The maximum Gasteiger partial charge on any atom is 0.184 e. The zero-order valence-corrected chi connectivity index (χ0v) is 16.4. The van der Waals surface area contributed by atoms with E-state index in [1.165, 1.54) is 16.8 Å². The summed E-state index contributed by atoms with van der Waals surface area (Å²) < 4.78 is 35.7. The van der Waals surface area contributed by atoms with Crippen molar-refractivity contribution in [3.63, 3.8) is 0 Å². The van der Waals surface area contributed by atoms with E-state index in [1.807, 2.05) is 4.90 Å². The fraction of sp³-hybridized carbons (Fsp3) is 0.190. The van der Waals surface area contributed by atoms with Crippen molar-refractivity contribution in [2.24, 2.45) is 0 Å². The molecule has 5 rings (SSSR count). The molecule has 4 aromatic rings. The van der Waals surface area contributed by atoms with E-state index in [0.29, 0.717) is 42.2 Å². The lowest BCUT2D eigenvalue weighted by molar-refractivity contribution is 0.201. The number of nitrogens with zero attached hydrogens (tertiary/aromatic N) is 5. The molecule has 3 heterocycles. The van der Waals surface area contributed by atoms with E-state index in [0.717, 1.165) is 0 Å². The van der Waals surface area contributed by atoms with Crippen LogP contribution >= 0.6 is 0 Å². The van der Waals surface area contributed by atoms with Gasteiger partial charge in [-0.05, 0) is 12.1 Å². The number of benzene rings is 2. The first-order valence-electron chi connectivity index (χ1n) is 9.67. The van der Waals surface area contributed by atoms with E-state index >= 15 is 0 Å². The number of nitrogen functional groups attached to an aromatic ring is 2. The van der Waals surface area contributed by atoms with Gasteiger partial charge in [0.05, 0.1) is 13.2 Å². The van der Waals surface area contributed by atoms with E-state index in [9.17, 15) is 8.78 Å². The van der Waals surface area contributed by atoms with Crippen LogP contribution < -0.4 is 16.4 Å². The number of fused-ring (bicyclic) bond motifs is 1. The highest BCUT2D eigenvalue weighted by atomic mass is 19.1. The predicted molar refractivity (Wildman–Crippen MR) is 113 cm³/mol. The molecule has 0 aliphatic carbocycles. The normalized spacial score (nSPS) is 13.9. The number of anilines is 3. The minimum Gasteiger partial charge on any atom is -0.382 e. The van der Waals surface area contributed by atoms with Crippen LogP contribution in [0.2, 0.25) is 0 Å². The highest BCUT2D eigenvalue weighted by molar-refractivity contribution is 5.93. The van der Waals surface area contributed by atoms with Gasteiger partial charge in [-0.25, -0.2) is 18.7 Å². The Labute approximate surface area is 176 Å². The highest BCUT2D eigenvalue weighted by Crippen LogP contribution is 2.34. The zero-order valence-electron chi connectivity index (χ0n) is 16.4. The lowest BCUT2D eigenvalue weighted by Crippen LogP contribution is -2.22. The van der Waals surface area contributed by atoms with Crippen molar-refractivity contribution >= 4 is 28.2 Å². The molecule has 10 heteroatoms. The molecule has 8 nitrogen and oxygen atoms in total. The minimum absolute atomic E-state index is 0.0400. The fourth-order valence-corrected chi connectivity index (χ4v) is 3.77. The van der Waals surface area contributed by atoms with Gasteiger partial charge in [-0.1, -0.05) is 30.3 Å². The second-order valence-electron chi connectivity index (χ2n) is 7.20. The Bertz CT molecular complexity index is 1260. The molecule has 1 fully saturated rings. The summed E-state index contributed by atoms with van der Waals surface area (Å²) in [5, 5.41) is 4.98. The number of halogens is 2. The van der Waals surface area contributed by atoms with Gasteiger partial charge in [0, 0.05) is 17.5 Å². The largest absolute Gasteiger partial charge is 0.382 e. The van der Waals surface area contributed by atoms with E-state index in [4.69, 9.17) is 16.2 Å². The molecule has 1 saturated heterocycles. The second-order valence-corrected chi connectivity index (χ2v) is 7.20. The number of aromatic nitrogens is 4. The predicted octanol–water partition coefficient (Wildman–Crippen LogP) is 2.78. The summed E-state index contributed by atoms with van der Waals surface area (Å²) in [7, 11) is 0. The van der Waals surface area contributed by atoms with Crippen molar-refractivity contribution < 1.29 is 13.5 Å². The van der Waals surface area contributed by atoms with E-state index in [1.54, 1.807) is 30.3 Å². The first-order chi connectivity index (χ1) is 15.0. The number of ether oxygens (including phenoxy) is 1. The Hall–Kier alpha value is -3.79. The third-order valence-electron chi connectivity index (χ3n) is 5.22. The summed E-state index contributed by atoms with van der Waals surface area (Å²) >= 11 is 0. The van der Waals surface area contributed by atoms with E-state index < -0.39 is 11.6 Å². The monoisotopic (exact) mass is 423 g/mol. The fourth-order valence-electron chi connectivity index (χ4n) is 3.77. The summed E-state index contributed by atoms with van der Waals surface area (Å²) in [4.78, 5) is 10.6. The van der Waals surface area contributed by atoms with Gasteiger partial charge in [-0.15, -0.1) is 0 Å². The second kappa shape index (κ2) is 7.47. The molecule has 0 atom stereocenters. The smallest absolute Gasteiger partial charge is 0.184 e. The Morgan fingerprint density at radius 1 is 0.968 bits per heavy atom. The highest BCUT2D eigenvalue weighted by Gasteiger charge is 2.24. The Morgan fingerprint density at radius 3 is 2.42 bits per heavy atom. The van der Waals surface area contributed by atoms with Gasteiger partial charge in [0.1, 0.15) is 35.3 Å². The third-order valence-corrected chi connectivity index (χ3v) is 5.22. The lowest BCUT2D eigenvalue weighted by Gasteiger charge is -2.19. The van der Waals surface area contributed by atoms with Crippen LogP contribution in [0.1, 0.15) is 5.56 Å². The maximum absolute atomic E-state index is 14.7. The quantitative estimate of drug-likeness (QED) is 0.520. The van der Waals surface area contributed by atoms with Crippen LogP contribution in [-0.2, 0) is 11.3 Å². The van der Waals surface area contributed by atoms with Gasteiger partial charge < -0.3 is 21.1 Å². The summed E-state index contributed by atoms with van der Waals surface area (Å²) in [5.74, 6) is -0.352. The number of hydrogen-bond acceptors (Lipinski definition) is 7. The number of hydrogen-bond donors (Lipinski definition) is 2. The van der Waals surface area contributed by atoms with Gasteiger partial charge >= 0.3 is 0 Å². The third kappa shape index (κ3) is 3.30. The van der Waals surface area contributed by atoms with Gasteiger partial charge in [0.25, 0.3) is 0 Å². The molecule has 2 aromatic carbocycles. The Morgan fingerprint density at radius 2 is 1.71 bits per heavy atom. The van der Waals surface area contributed by atoms with E-state index in [2.05, 4.69) is 15.1 Å². The molecule has 0 unspecified atom stereocenters. The summed E-state index contributed by atoms with van der Waals surface area (Å²) in [5.41, 5.74) is 13.8. The van der Waals surface area contributed by atoms with Crippen molar-refractivity contribution in [1.82, 2.24) is 19.7 Å². The zero-order chi connectivity index (χ0) is 21.5. The average molecular weight is 423 g/mol. The standard InChI is InChI=1S/C21H19F2N7O/c22-14-6-2-1-4-12(14)10-30-17-13(5-3-7-15(17)23)16(28-30)21-26-19(24)18(20(25)27-21)29-8-9-31-11-29/h1-7H,8-11H2,(H4,24,25,26,27). The van der Waals surface area contributed by atoms with Crippen LogP contribution in [0.15, 0.2) is 42.5 Å². The van der Waals surface area contributed by atoms with Crippen molar-refractivity contribution in [2.45, 2.75) is 6.54 Å². The number of rotatable bonds is 4. The van der Waals surface area contributed by atoms with Crippen molar-refractivity contribution in [1.29, 1.82) is 0 Å². The van der Waals surface area contributed by atoms with Crippen LogP contribution in [0.4, 0.5) is 26.1 Å². The summed E-state index contributed by atoms with van der Waals surface area (Å²) in [6.45, 7) is 1.58. The molecular formula is C21H19F2N7O. The molecule has 0 bridgehead atoms. The molecule has 4 N–H and O–H groups in total. The van der Waals surface area contributed by atoms with Gasteiger partial charge in [0.2, 0.25) is 0 Å². The topological polar surface area (TPSA) is 108 Å². The van der Waals surface area contributed by atoms with E-state index in [-0.39, 0.29) is 29.5 Å². The summed E-state index contributed by atoms with van der Waals surface area (Å²) in [6.07, 6.45) is 0. The Kier molecular flexibility index (Phi) is 4.63. The van der Waals surface area contributed by atoms with Gasteiger partial charge in [-0.3, -0.25) is 4.68 Å². The van der Waals surface area contributed by atoms with Crippen LogP contribution in [0, 0.1) is 11.6 Å². The van der Waals surface area contributed by atoms with Crippen LogP contribution in [-0.4, -0.2) is 39.6 Å². The molecule has 2 aromatic heterocycles. The van der Waals surface area contributed by atoms with Crippen LogP contribution in [0.5, 0.6) is 0 Å². The minimum atomic E-state index is -0.487. The lowest BCUT2D eigenvalue weighted by atomic mass is 10.1. The maximum atomic E-state index is 14.7. The van der Waals surface area contributed by atoms with Crippen molar-refractivity contribution in [3.05, 3.63) is 59.7 Å². The molecule has 0 saturated carbocycles. The molecule has 1 aliphatic rings. The van der Waals surface area contributed by atoms with Crippen molar-refractivity contribution in [3.8, 4) is 11.5 Å². The molecule has 0 spiro atoms. The van der Waals surface area contributed by atoms with Gasteiger partial charge in [-0.2, -0.15) is 5.10 Å². The molecule has 0 radical (unpaired) electrons. The van der Waals surface area contributed by atoms with Crippen LogP contribution in [0.3, 0.4) is 0 Å². The number of para-hydroxylation sites is 1. The molecule has 1 aliphatic heterocycles. The molecule has 158 valence electrons. The number of nitrogens with two attached hydrogens (primary N) is 2. The van der Waals surface area contributed by atoms with Gasteiger partial charge in [0.15, 0.2) is 17.5 Å². The Balaban J connectivity index is 1.64. The summed E-state index contributed by atoms with van der Waals surface area (Å²) in [6, 6.07) is 10.9. The van der Waals surface area contributed by atoms with Crippen LogP contribution in [0.25, 0.3) is 22.4 Å². The molecular weight excluding hydrogens is 404 g/mol. The average Bonchev–Trinajstić information content (AvgIpc) is 3.38. The first kappa shape index (κ1) is 19.2.